The molecule has 4 nitrogen and oxygen atoms in total. The maximum Gasteiger partial charge on any atom is 0.255 e. The lowest BCUT2D eigenvalue weighted by Crippen LogP contribution is -2.13. The number of carbonyl (C=O) groups is 1. The van der Waals surface area contributed by atoms with E-state index in [1.807, 2.05) is 30.5 Å². The van der Waals surface area contributed by atoms with Gasteiger partial charge in [0.2, 0.25) is 0 Å². The molecule has 1 aliphatic heterocycles. The highest BCUT2D eigenvalue weighted by Gasteiger charge is 2.19. The van der Waals surface area contributed by atoms with Crippen molar-refractivity contribution in [2.45, 2.75) is 11.3 Å². The Morgan fingerprint density at radius 2 is 2.00 bits per heavy atom. The minimum absolute atomic E-state index is 0.232. The lowest BCUT2D eigenvalue weighted by Gasteiger charge is -2.13. The van der Waals surface area contributed by atoms with E-state index in [4.69, 9.17) is 21.1 Å². The molecule has 0 unspecified atom stereocenters. The van der Waals surface area contributed by atoms with Crippen molar-refractivity contribution in [3.05, 3.63) is 47.0 Å². The maximum absolute atomic E-state index is 12.5. The first kappa shape index (κ1) is 16.0. The van der Waals surface area contributed by atoms with Crippen LogP contribution in [-0.2, 0) is 0 Å². The number of amides is 1. The van der Waals surface area contributed by atoms with Crippen LogP contribution in [-0.4, -0.2) is 25.4 Å². The highest BCUT2D eigenvalue weighted by Crippen LogP contribution is 2.38. The topological polar surface area (TPSA) is 47.6 Å². The number of hydrogen-bond acceptors (Lipinski definition) is 4. The average Bonchev–Trinajstić information content (AvgIpc) is 2.81. The Morgan fingerprint density at radius 3 is 2.83 bits per heavy atom. The van der Waals surface area contributed by atoms with Crippen LogP contribution in [0, 0.1) is 0 Å². The molecule has 0 spiro atoms. The molecular formula is C17H16ClNO3S. The standard InChI is InChI=1S/C17H16ClNO3S/c1-23-15-6-3-2-5-13(15)19-17(20)11-9-12(18)16-14(10-11)21-7-4-8-22-16/h2-3,5-6,9-10H,4,7-8H2,1H3,(H,19,20). The Morgan fingerprint density at radius 1 is 1.22 bits per heavy atom. The van der Waals surface area contributed by atoms with Gasteiger partial charge < -0.3 is 14.8 Å². The highest BCUT2D eigenvalue weighted by atomic mass is 35.5. The number of thioether (sulfide) groups is 1. The van der Waals surface area contributed by atoms with E-state index in [0.717, 1.165) is 17.0 Å². The molecule has 0 saturated heterocycles. The molecule has 23 heavy (non-hydrogen) atoms. The summed E-state index contributed by atoms with van der Waals surface area (Å²) in [5.41, 5.74) is 1.21. The van der Waals surface area contributed by atoms with Gasteiger partial charge in [-0.3, -0.25) is 4.79 Å². The Labute approximate surface area is 144 Å². The van der Waals surface area contributed by atoms with Crippen LogP contribution in [0.15, 0.2) is 41.3 Å². The van der Waals surface area contributed by atoms with Gasteiger partial charge in [-0.25, -0.2) is 0 Å². The summed E-state index contributed by atoms with van der Waals surface area (Å²) in [7, 11) is 0. The molecule has 2 aromatic rings. The van der Waals surface area contributed by atoms with Crippen LogP contribution in [0.1, 0.15) is 16.8 Å². The molecule has 0 fully saturated rings. The van der Waals surface area contributed by atoms with Crippen LogP contribution in [0.5, 0.6) is 11.5 Å². The van der Waals surface area contributed by atoms with Gasteiger partial charge in [0.15, 0.2) is 11.5 Å². The zero-order valence-electron chi connectivity index (χ0n) is 12.6. The number of ether oxygens (including phenoxy) is 2. The lowest BCUT2D eigenvalue weighted by molar-refractivity contribution is 0.102. The van der Waals surface area contributed by atoms with Gasteiger partial charge in [-0.1, -0.05) is 23.7 Å². The predicted molar refractivity (Wildman–Crippen MR) is 93.2 cm³/mol. The van der Waals surface area contributed by atoms with Gasteiger partial charge in [0.05, 0.1) is 23.9 Å². The second-order valence-electron chi connectivity index (χ2n) is 4.99. The fraction of sp³-hybridized carbons (Fsp3) is 0.235. The molecule has 1 amide bonds. The molecule has 0 radical (unpaired) electrons. The summed E-state index contributed by atoms with van der Waals surface area (Å²) in [5.74, 6) is 0.785. The molecule has 1 heterocycles. The van der Waals surface area contributed by atoms with Gasteiger partial charge in [0.25, 0.3) is 5.91 Å². The third kappa shape index (κ3) is 3.57. The number of fused-ring (bicyclic) bond motifs is 1. The largest absolute Gasteiger partial charge is 0.489 e. The van der Waals surface area contributed by atoms with Crippen molar-refractivity contribution in [1.29, 1.82) is 0 Å². The minimum atomic E-state index is -0.232. The Balaban J connectivity index is 1.88. The summed E-state index contributed by atoms with van der Waals surface area (Å²) in [6.45, 7) is 1.10. The van der Waals surface area contributed by atoms with Gasteiger partial charge in [-0.05, 0) is 30.5 Å². The van der Waals surface area contributed by atoms with E-state index in [0.29, 0.717) is 35.3 Å². The summed E-state index contributed by atoms with van der Waals surface area (Å²) >= 11 is 7.81. The van der Waals surface area contributed by atoms with Gasteiger partial charge in [-0.2, -0.15) is 0 Å². The molecule has 0 aliphatic carbocycles. The molecule has 1 N–H and O–H groups in total. The van der Waals surface area contributed by atoms with Crippen LogP contribution in [0.2, 0.25) is 5.02 Å². The number of benzene rings is 2. The molecule has 6 heteroatoms. The smallest absolute Gasteiger partial charge is 0.255 e. The highest BCUT2D eigenvalue weighted by molar-refractivity contribution is 7.98. The van der Waals surface area contributed by atoms with Crippen molar-refractivity contribution in [1.82, 2.24) is 0 Å². The predicted octanol–water partition coefficient (Wildman–Crippen LogP) is 4.48. The molecule has 0 bridgehead atoms. The van der Waals surface area contributed by atoms with Gasteiger partial charge in [0, 0.05) is 16.9 Å². The van der Waals surface area contributed by atoms with E-state index in [2.05, 4.69) is 5.32 Å². The van der Waals surface area contributed by atoms with Crippen molar-refractivity contribution in [3.8, 4) is 11.5 Å². The zero-order chi connectivity index (χ0) is 16.2. The lowest BCUT2D eigenvalue weighted by atomic mass is 10.1. The first-order valence-electron chi connectivity index (χ1n) is 7.22. The summed E-state index contributed by atoms with van der Waals surface area (Å²) < 4.78 is 11.2. The average molecular weight is 350 g/mol. The molecular weight excluding hydrogens is 334 g/mol. The van der Waals surface area contributed by atoms with Gasteiger partial charge in [-0.15, -0.1) is 11.8 Å². The number of carbonyl (C=O) groups excluding carboxylic acids is 1. The van der Waals surface area contributed by atoms with E-state index in [1.54, 1.807) is 23.9 Å². The fourth-order valence-electron chi connectivity index (χ4n) is 2.30. The summed E-state index contributed by atoms with van der Waals surface area (Å²) in [6, 6.07) is 10.9. The van der Waals surface area contributed by atoms with Gasteiger partial charge in [0.1, 0.15) is 0 Å². The molecule has 3 rings (SSSR count). The number of rotatable bonds is 3. The molecule has 0 aromatic heterocycles. The van der Waals surface area contributed by atoms with Crippen LogP contribution in [0.3, 0.4) is 0 Å². The monoisotopic (exact) mass is 349 g/mol. The third-order valence-corrected chi connectivity index (χ3v) is 4.50. The van der Waals surface area contributed by atoms with Crippen molar-refractivity contribution < 1.29 is 14.3 Å². The summed E-state index contributed by atoms with van der Waals surface area (Å²) in [6.07, 6.45) is 2.75. The fourth-order valence-corrected chi connectivity index (χ4v) is 3.12. The first-order valence-corrected chi connectivity index (χ1v) is 8.83. The van der Waals surface area contributed by atoms with Gasteiger partial charge >= 0.3 is 0 Å². The van der Waals surface area contributed by atoms with Crippen LogP contribution in [0.4, 0.5) is 5.69 Å². The van der Waals surface area contributed by atoms with E-state index in [1.165, 1.54) is 0 Å². The number of nitrogens with one attached hydrogen (secondary N) is 1. The molecule has 120 valence electrons. The van der Waals surface area contributed by atoms with E-state index < -0.39 is 0 Å². The second-order valence-corrected chi connectivity index (χ2v) is 6.25. The third-order valence-electron chi connectivity index (χ3n) is 3.42. The Hall–Kier alpha value is -1.85. The van der Waals surface area contributed by atoms with Crippen LogP contribution in [0.25, 0.3) is 0 Å². The number of anilines is 1. The molecule has 0 saturated carbocycles. The molecule has 2 aromatic carbocycles. The zero-order valence-corrected chi connectivity index (χ0v) is 14.2. The quantitative estimate of drug-likeness (QED) is 0.830. The summed E-state index contributed by atoms with van der Waals surface area (Å²) in [5, 5.41) is 3.29. The number of halogens is 1. The van der Waals surface area contributed by atoms with Crippen molar-refractivity contribution >= 4 is 35.0 Å². The normalized spacial score (nSPS) is 13.3. The van der Waals surface area contributed by atoms with Crippen molar-refractivity contribution in [3.63, 3.8) is 0 Å². The SMILES string of the molecule is CSc1ccccc1NC(=O)c1cc(Cl)c2c(c1)OCCCO2. The van der Waals surface area contributed by atoms with Crippen LogP contribution >= 0.6 is 23.4 Å². The van der Waals surface area contributed by atoms with Crippen LogP contribution < -0.4 is 14.8 Å². The van der Waals surface area contributed by atoms with Crippen molar-refractivity contribution in [2.75, 3.05) is 24.8 Å². The molecule has 1 aliphatic rings. The first-order chi connectivity index (χ1) is 11.2. The molecule has 0 atom stereocenters. The van der Waals surface area contributed by atoms with E-state index in [-0.39, 0.29) is 5.91 Å². The van der Waals surface area contributed by atoms with E-state index >= 15 is 0 Å². The summed E-state index contributed by atoms with van der Waals surface area (Å²) in [4.78, 5) is 13.5. The minimum Gasteiger partial charge on any atom is -0.489 e. The Kier molecular flexibility index (Phi) is 4.98. The number of hydrogen-bond donors (Lipinski definition) is 1. The second kappa shape index (κ2) is 7.15. The number of para-hydroxylation sites is 1. The van der Waals surface area contributed by atoms with Crippen molar-refractivity contribution in [2.24, 2.45) is 0 Å². The van der Waals surface area contributed by atoms with E-state index in [9.17, 15) is 4.79 Å². The maximum atomic E-state index is 12.5. The Bertz CT molecular complexity index is 736.